The smallest absolute Gasteiger partial charge is 0.0432 e. The molecule has 2 aliphatic heterocycles. The zero-order chi connectivity index (χ0) is 17.1. The highest BCUT2D eigenvalue weighted by molar-refractivity contribution is 5.85. The Bertz CT molecular complexity index is 718. The number of anilines is 2. The first-order chi connectivity index (χ1) is 12.3. The Kier molecular flexibility index (Phi) is 6.44. The van der Waals surface area contributed by atoms with E-state index in [1.807, 2.05) is 0 Å². The van der Waals surface area contributed by atoms with E-state index in [2.05, 4.69) is 70.6 Å². The van der Waals surface area contributed by atoms with Crippen molar-refractivity contribution in [1.29, 1.82) is 0 Å². The van der Waals surface area contributed by atoms with Crippen molar-refractivity contribution in [2.75, 3.05) is 42.5 Å². The van der Waals surface area contributed by atoms with Crippen molar-refractivity contribution in [1.82, 2.24) is 5.32 Å². The van der Waals surface area contributed by atoms with Crippen LogP contribution in [-0.4, -0.2) is 38.8 Å². The van der Waals surface area contributed by atoms with E-state index in [4.69, 9.17) is 0 Å². The molecule has 1 atom stereocenters. The molecular weight excluding hydrogens is 342 g/mol. The van der Waals surface area contributed by atoms with E-state index >= 15 is 0 Å². The minimum absolute atomic E-state index is 0. The predicted molar refractivity (Wildman–Crippen MR) is 114 cm³/mol. The van der Waals surface area contributed by atoms with E-state index in [1.165, 1.54) is 48.3 Å². The number of para-hydroxylation sites is 2. The molecule has 0 amide bonds. The molecule has 1 saturated heterocycles. The number of fused-ring (bicyclic) bond motifs is 1. The summed E-state index contributed by atoms with van der Waals surface area (Å²) in [7, 11) is 0. The van der Waals surface area contributed by atoms with Crippen LogP contribution in [0.25, 0.3) is 0 Å². The Hall–Kier alpha value is -1.71. The second kappa shape index (κ2) is 8.79. The van der Waals surface area contributed by atoms with Gasteiger partial charge in [-0.05, 0) is 49.4 Å². The van der Waals surface area contributed by atoms with Crippen LogP contribution >= 0.6 is 12.4 Å². The highest BCUT2D eigenvalue weighted by Crippen LogP contribution is 2.28. The molecular formula is C22H30ClN3. The van der Waals surface area contributed by atoms with Crippen LogP contribution in [0.15, 0.2) is 48.5 Å². The molecule has 2 aromatic rings. The third kappa shape index (κ3) is 3.99. The number of benzene rings is 2. The van der Waals surface area contributed by atoms with Crippen molar-refractivity contribution in [3.63, 3.8) is 0 Å². The fourth-order valence-corrected chi connectivity index (χ4v) is 4.37. The Morgan fingerprint density at radius 2 is 1.77 bits per heavy atom. The lowest BCUT2D eigenvalue weighted by Gasteiger charge is -2.40. The fourth-order valence-electron chi connectivity index (χ4n) is 4.37. The summed E-state index contributed by atoms with van der Waals surface area (Å²) in [4.78, 5) is 5.23. The van der Waals surface area contributed by atoms with E-state index in [0.717, 1.165) is 26.2 Å². The van der Waals surface area contributed by atoms with Crippen molar-refractivity contribution < 1.29 is 0 Å². The average Bonchev–Trinajstić information content (AvgIpc) is 2.67. The summed E-state index contributed by atoms with van der Waals surface area (Å²) in [6.07, 6.45) is 3.71. The number of nitrogens with one attached hydrogen (secondary N) is 1. The van der Waals surface area contributed by atoms with Gasteiger partial charge in [-0.15, -0.1) is 12.4 Å². The molecule has 26 heavy (non-hydrogen) atoms. The highest BCUT2D eigenvalue weighted by atomic mass is 35.5. The van der Waals surface area contributed by atoms with E-state index in [-0.39, 0.29) is 12.4 Å². The highest BCUT2D eigenvalue weighted by Gasteiger charge is 2.25. The molecule has 1 fully saturated rings. The van der Waals surface area contributed by atoms with Crippen LogP contribution in [-0.2, 0) is 6.42 Å². The van der Waals surface area contributed by atoms with Crippen LogP contribution in [0.3, 0.4) is 0 Å². The van der Waals surface area contributed by atoms with Gasteiger partial charge in [0.25, 0.3) is 0 Å². The minimum atomic E-state index is 0. The van der Waals surface area contributed by atoms with Gasteiger partial charge in [-0.1, -0.05) is 36.4 Å². The predicted octanol–water partition coefficient (Wildman–Crippen LogP) is 4.04. The lowest BCUT2D eigenvalue weighted by molar-refractivity contribution is 0.450. The molecule has 1 unspecified atom stereocenters. The molecule has 2 aromatic carbocycles. The third-order valence-corrected chi connectivity index (χ3v) is 5.71. The van der Waals surface area contributed by atoms with Crippen molar-refractivity contribution in [3.05, 3.63) is 59.7 Å². The number of nitrogens with zero attached hydrogens (tertiary/aromatic N) is 2. The van der Waals surface area contributed by atoms with Gasteiger partial charge in [0.2, 0.25) is 0 Å². The quantitative estimate of drug-likeness (QED) is 0.875. The molecule has 140 valence electrons. The van der Waals surface area contributed by atoms with Crippen molar-refractivity contribution in [2.24, 2.45) is 0 Å². The average molecular weight is 372 g/mol. The van der Waals surface area contributed by atoms with Gasteiger partial charge in [0.15, 0.2) is 0 Å². The second-order valence-corrected chi connectivity index (χ2v) is 7.35. The third-order valence-electron chi connectivity index (χ3n) is 5.71. The lowest BCUT2D eigenvalue weighted by atomic mass is 10.0. The molecule has 3 nitrogen and oxygen atoms in total. The summed E-state index contributed by atoms with van der Waals surface area (Å²) >= 11 is 0. The summed E-state index contributed by atoms with van der Waals surface area (Å²) in [6, 6.07) is 18.3. The SMILES string of the molecule is Cc1ccccc1N1CCNCC1CCN1CCCc2ccccc21.Cl. The topological polar surface area (TPSA) is 18.5 Å². The molecule has 4 rings (SSSR count). The summed E-state index contributed by atoms with van der Waals surface area (Å²) in [6.45, 7) is 7.84. The van der Waals surface area contributed by atoms with Gasteiger partial charge in [0, 0.05) is 50.1 Å². The summed E-state index contributed by atoms with van der Waals surface area (Å²) in [5.41, 5.74) is 5.78. The number of aryl methyl sites for hydroxylation is 2. The zero-order valence-electron chi connectivity index (χ0n) is 15.7. The normalized spacial score (nSPS) is 19.7. The molecule has 2 aliphatic rings. The molecule has 0 aromatic heterocycles. The van der Waals surface area contributed by atoms with Crippen molar-refractivity contribution in [3.8, 4) is 0 Å². The molecule has 0 aliphatic carbocycles. The number of rotatable bonds is 4. The van der Waals surface area contributed by atoms with Crippen LogP contribution in [0, 0.1) is 6.92 Å². The second-order valence-electron chi connectivity index (χ2n) is 7.35. The first-order valence-electron chi connectivity index (χ1n) is 9.69. The molecule has 0 spiro atoms. The summed E-state index contributed by atoms with van der Waals surface area (Å²) in [5.74, 6) is 0. The Morgan fingerprint density at radius 1 is 1.00 bits per heavy atom. The van der Waals surface area contributed by atoms with Gasteiger partial charge in [0.05, 0.1) is 0 Å². The first-order valence-corrected chi connectivity index (χ1v) is 9.69. The molecule has 0 bridgehead atoms. The maximum absolute atomic E-state index is 3.60. The van der Waals surface area contributed by atoms with E-state index in [0.29, 0.717) is 6.04 Å². The van der Waals surface area contributed by atoms with Crippen LogP contribution in [0.2, 0.25) is 0 Å². The Labute approximate surface area is 163 Å². The van der Waals surface area contributed by atoms with Crippen molar-refractivity contribution >= 4 is 23.8 Å². The minimum Gasteiger partial charge on any atom is -0.371 e. The number of piperazine rings is 1. The van der Waals surface area contributed by atoms with Crippen LogP contribution in [0.1, 0.15) is 24.0 Å². The van der Waals surface area contributed by atoms with Crippen LogP contribution < -0.4 is 15.1 Å². The Balaban J connectivity index is 0.00000196. The zero-order valence-corrected chi connectivity index (χ0v) is 16.5. The van der Waals surface area contributed by atoms with Crippen LogP contribution in [0.4, 0.5) is 11.4 Å². The van der Waals surface area contributed by atoms with Gasteiger partial charge >= 0.3 is 0 Å². The van der Waals surface area contributed by atoms with Crippen LogP contribution in [0.5, 0.6) is 0 Å². The Morgan fingerprint density at radius 3 is 2.62 bits per heavy atom. The molecule has 1 N–H and O–H groups in total. The number of hydrogen-bond acceptors (Lipinski definition) is 3. The van der Waals surface area contributed by atoms with Gasteiger partial charge in [-0.3, -0.25) is 0 Å². The molecule has 4 heteroatoms. The van der Waals surface area contributed by atoms with E-state index in [9.17, 15) is 0 Å². The molecule has 0 saturated carbocycles. The van der Waals surface area contributed by atoms with E-state index < -0.39 is 0 Å². The fraction of sp³-hybridized carbons (Fsp3) is 0.455. The van der Waals surface area contributed by atoms with Gasteiger partial charge < -0.3 is 15.1 Å². The van der Waals surface area contributed by atoms with Gasteiger partial charge in [-0.25, -0.2) is 0 Å². The maximum atomic E-state index is 3.60. The van der Waals surface area contributed by atoms with Crippen molar-refractivity contribution in [2.45, 2.75) is 32.2 Å². The largest absolute Gasteiger partial charge is 0.371 e. The molecule has 2 heterocycles. The van der Waals surface area contributed by atoms with E-state index in [1.54, 1.807) is 0 Å². The summed E-state index contributed by atoms with van der Waals surface area (Å²) in [5, 5.41) is 3.60. The maximum Gasteiger partial charge on any atom is 0.0432 e. The number of hydrogen-bond donors (Lipinski definition) is 1. The first kappa shape index (κ1) is 19.1. The van der Waals surface area contributed by atoms with Gasteiger partial charge in [-0.2, -0.15) is 0 Å². The molecule has 0 radical (unpaired) electrons. The standard InChI is InChI=1S/C22H29N3.ClH/c1-18-7-2-4-10-21(18)25-16-13-23-17-20(25)12-15-24-14-6-9-19-8-3-5-11-22(19)24;/h2-5,7-8,10-11,20,23H,6,9,12-17H2,1H3;1H. The number of halogens is 1. The van der Waals surface area contributed by atoms with Gasteiger partial charge in [0.1, 0.15) is 0 Å². The summed E-state index contributed by atoms with van der Waals surface area (Å²) < 4.78 is 0. The lowest BCUT2D eigenvalue weighted by Crippen LogP contribution is -2.52. The monoisotopic (exact) mass is 371 g/mol.